The Balaban J connectivity index is 1.56. The van der Waals surface area contributed by atoms with Crippen molar-refractivity contribution >= 4 is 5.96 Å². The maximum Gasteiger partial charge on any atom is 0.191 e. The minimum atomic E-state index is -0.290. The zero-order chi connectivity index (χ0) is 20.6. The number of hydrogen-bond acceptors (Lipinski definition) is 5. The van der Waals surface area contributed by atoms with E-state index in [-0.39, 0.29) is 12.6 Å². The quantitative estimate of drug-likeness (QED) is 0.547. The van der Waals surface area contributed by atoms with Gasteiger partial charge in [-0.1, -0.05) is 0 Å². The van der Waals surface area contributed by atoms with E-state index in [1.54, 1.807) is 21.3 Å². The number of nitrogens with one attached hydrogen (secondary N) is 2. The number of benzene rings is 2. The summed E-state index contributed by atoms with van der Waals surface area (Å²) in [5.41, 5.74) is 2.52. The average molecular weight is 403 g/mol. The molecule has 156 valence electrons. The van der Waals surface area contributed by atoms with Gasteiger partial charge in [0.2, 0.25) is 0 Å². The first-order chi connectivity index (χ1) is 14.1. The van der Waals surface area contributed by atoms with Crippen LogP contribution in [0.1, 0.15) is 16.7 Å². The molecule has 2 N–H and O–H groups in total. The number of fused-ring (bicyclic) bond motifs is 1. The van der Waals surface area contributed by atoms with Crippen molar-refractivity contribution in [2.24, 2.45) is 4.99 Å². The number of guanidine groups is 1. The van der Waals surface area contributed by atoms with E-state index in [2.05, 4.69) is 15.6 Å². The van der Waals surface area contributed by atoms with Crippen molar-refractivity contribution in [3.05, 3.63) is 52.8 Å². The molecule has 0 aromatic heterocycles. The van der Waals surface area contributed by atoms with E-state index in [1.165, 1.54) is 12.1 Å². The summed E-state index contributed by atoms with van der Waals surface area (Å²) in [6, 6.07) is 8.62. The molecule has 0 saturated heterocycles. The molecule has 29 heavy (non-hydrogen) atoms. The smallest absolute Gasteiger partial charge is 0.191 e. The molecule has 0 spiro atoms. The Hall–Kier alpha value is -3.00. The van der Waals surface area contributed by atoms with Gasteiger partial charge in [-0.25, -0.2) is 4.39 Å². The van der Waals surface area contributed by atoms with E-state index < -0.39 is 0 Å². The first kappa shape index (κ1) is 20.7. The van der Waals surface area contributed by atoms with Crippen molar-refractivity contribution in [3.63, 3.8) is 0 Å². The lowest BCUT2D eigenvalue weighted by Crippen LogP contribution is -2.38. The number of rotatable bonds is 7. The van der Waals surface area contributed by atoms with Crippen LogP contribution < -0.4 is 24.8 Å². The summed E-state index contributed by atoms with van der Waals surface area (Å²) in [5.74, 6) is 2.53. The molecule has 1 heterocycles. The molecule has 1 aliphatic heterocycles. The number of aliphatic imine (C=N–C) groups is 1. The first-order valence-electron chi connectivity index (χ1n) is 9.32. The van der Waals surface area contributed by atoms with Gasteiger partial charge >= 0.3 is 0 Å². The van der Waals surface area contributed by atoms with Gasteiger partial charge in [-0.3, -0.25) is 4.99 Å². The molecular formula is C21H26FN3O4. The van der Waals surface area contributed by atoms with Crippen LogP contribution in [0.25, 0.3) is 0 Å². The molecule has 0 saturated carbocycles. The molecule has 0 aliphatic carbocycles. The second kappa shape index (κ2) is 9.97. The standard InChI is InChI=1S/C21H26FN3O4/c1-23-21(25-11-15-4-5-18(26-2)10-19(15)27-3)24-7-6-14-8-17(22)9-16-12-28-13-29-20(14)16/h4-5,8-10H,6-7,11-13H2,1-3H3,(H2,23,24,25). The van der Waals surface area contributed by atoms with E-state index in [4.69, 9.17) is 18.9 Å². The predicted octanol–water partition coefficient (Wildman–Crippen LogP) is 2.62. The molecule has 8 heteroatoms. The third kappa shape index (κ3) is 5.29. The molecule has 2 aromatic rings. The van der Waals surface area contributed by atoms with Gasteiger partial charge in [-0.05, 0) is 36.2 Å². The van der Waals surface area contributed by atoms with Crippen LogP contribution in [0.2, 0.25) is 0 Å². The summed E-state index contributed by atoms with van der Waals surface area (Å²) in [7, 11) is 4.94. The van der Waals surface area contributed by atoms with Crippen molar-refractivity contribution in [1.29, 1.82) is 0 Å². The fraction of sp³-hybridized carbons (Fsp3) is 0.381. The largest absolute Gasteiger partial charge is 0.497 e. The summed E-state index contributed by atoms with van der Waals surface area (Å²) in [6.07, 6.45) is 0.590. The van der Waals surface area contributed by atoms with E-state index >= 15 is 0 Å². The molecule has 0 radical (unpaired) electrons. The number of ether oxygens (including phenoxy) is 4. The van der Waals surface area contributed by atoms with Crippen LogP contribution in [0.3, 0.4) is 0 Å². The minimum absolute atomic E-state index is 0.186. The highest BCUT2D eigenvalue weighted by atomic mass is 19.1. The maximum atomic E-state index is 13.9. The van der Waals surface area contributed by atoms with Crippen LogP contribution in [0, 0.1) is 5.82 Å². The summed E-state index contributed by atoms with van der Waals surface area (Å²) in [6.45, 7) is 1.65. The van der Waals surface area contributed by atoms with Gasteiger partial charge in [0, 0.05) is 37.3 Å². The van der Waals surface area contributed by atoms with Gasteiger partial charge in [-0.2, -0.15) is 0 Å². The summed E-state index contributed by atoms with van der Waals surface area (Å²) in [5, 5.41) is 6.49. The van der Waals surface area contributed by atoms with Crippen LogP contribution in [-0.2, 0) is 24.3 Å². The lowest BCUT2D eigenvalue weighted by molar-refractivity contribution is -0.0172. The Kier molecular flexibility index (Phi) is 7.13. The molecular weight excluding hydrogens is 377 g/mol. The van der Waals surface area contributed by atoms with Gasteiger partial charge in [0.15, 0.2) is 12.8 Å². The highest BCUT2D eigenvalue weighted by Crippen LogP contribution is 2.29. The van der Waals surface area contributed by atoms with Crippen LogP contribution >= 0.6 is 0 Å². The lowest BCUT2D eigenvalue weighted by Gasteiger charge is -2.21. The zero-order valence-corrected chi connectivity index (χ0v) is 16.9. The fourth-order valence-electron chi connectivity index (χ4n) is 3.16. The summed E-state index contributed by atoms with van der Waals surface area (Å²) >= 11 is 0. The highest BCUT2D eigenvalue weighted by Gasteiger charge is 2.16. The predicted molar refractivity (Wildman–Crippen MR) is 108 cm³/mol. The molecule has 0 atom stereocenters. The second-order valence-electron chi connectivity index (χ2n) is 6.44. The molecule has 0 fully saturated rings. The molecule has 1 aliphatic rings. The SMILES string of the molecule is CN=C(NCCc1cc(F)cc2c1OCOC2)NCc1ccc(OC)cc1OC. The van der Waals surface area contributed by atoms with Crippen molar-refractivity contribution in [2.45, 2.75) is 19.6 Å². The number of halogens is 1. The van der Waals surface area contributed by atoms with Gasteiger partial charge in [-0.15, -0.1) is 0 Å². The van der Waals surface area contributed by atoms with Crippen LogP contribution in [0.5, 0.6) is 17.2 Å². The van der Waals surface area contributed by atoms with E-state index in [1.807, 2.05) is 18.2 Å². The van der Waals surface area contributed by atoms with Crippen molar-refractivity contribution < 1.29 is 23.3 Å². The minimum Gasteiger partial charge on any atom is -0.497 e. The van der Waals surface area contributed by atoms with E-state index in [0.29, 0.717) is 37.8 Å². The van der Waals surface area contributed by atoms with Crippen LogP contribution in [0.4, 0.5) is 4.39 Å². The molecule has 0 bridgehead atoms. The Morgan fingerprint density at radius 1 is 1.14 bits per heavy atom. The lowest BCUT2D eigenvalue weighted by atomic mass is 10.1. The van der Waals surface area contributed by atoms with Gasteiger partial charge < -0.3 is 29.6 Å². The highest BCUT2D eigenvalue weighted by molar-refractivity contribution is 5.79. The number of nitrogens with zero attached hydrogens (tertiary/aromatic N) is 1. The Labute approximate surface area is 169 Å². The molecule has 2 aromatic carbocycles. The van der Waals surface area contributed by atoms with Gasteiger partial charge in [0.1, 0.15) is 23.1 Å². The molecule has 0 unspecified atom stereocenters. The molecule has 3 rings (SSSR count). The molecule has 0 amide bonds. The normalized spacial score (nSPS) is 13.3. The maximum absolute atomic E-state index is 13.9. The third-order valence-corrected chi connectivity index (χ3v) is 4.60. The van der Waals surface area contributed by atoms with Crippen LogP contribution in [0.15, 0.2) is 35.3 Å². The van der Waals surface area contributed by atoms with Crippen molar-refractivity contribution in [2.75, 3.05) is 34.6 Å². The van der Waals surface area contributed by atoms with E-state index in [0.717, 1.165) is 28.2 Å². The number of methoxy groups -OCH3 is 2. The van der Waals surface area contributed by atoms with Crippen LogP contribution in [-0.4, -0.2) is 40.6 Å². The Bertz CT molecular complexity index is 873. The zero-order valence-electron chi connectivity index (χ0n) is 16.9. The average Bonchev–Trinajstić information content (AvgIpc) is 2.75. The third-order valence-electron chi connectivity index (χ3n) is 4.60. The van der Waals surface area contributed by atoms with Crippen molar-refractivity contribution in [1.82, 2.24) is 10.6 Å². The number of hydrogen-bond donors (Lipinski definition) is 2. The molecule has 7 nitrogen and oxygen atoms in total. The van der Waals surface area contributed by atoms with Gasteiger partial charge in [0.05, 0.1) is 20.8 Å². The fourth-order valence-corrected chi connectivity index (χ4v) is 3.16. The topological polar surface area (TPSA) is 73.3 Å². The first-order valence-corrected chi connectivity index (χ1v) is 9.32. The van der Waals surface area contributed by atoms with Gasteiger partial charge in [0.25, 0.3) is 0 Å². The monoisotopic (exact) mass is 403 g/mol. The summed E-state index contributed by atoms with van der Waals surface area (Å²) in [4.78, 5) is 4.23. The second-order valence-corrected chi connectivity index (χ2v) is 6.44. The van der Waals surface area contributed by atoms with E-state index in [9.17, 15) is 4.39 Å². The Morgan fingerprint density at radius 2 is 2.00 bits per heavy atom. The summed E-state index contributed by atoms with van der Waals surface area (Å²) < 4.78 is 35.3. The Morgan fingerprint density at radius 3 is 2.76 bits per heavy atom. The van der Waals surface area contributed by atoms with Crippen molar-refractivity contribution in [3.8, 4) is 17.2 Å².